The minimum Gasteiger partial charge on any atom is -0.331 e. The highest BCUT2D eigenvalue weighted by molar-refractivity contribution is 7.10. The van der Waals surface area contributed by atoms with E-state index in [0.29, 0.717) is 0 Å². The second kappa shape index (κ2) is 4.53. The van der Waals surface area contributed by atoms with Gasteiger partial charge in [0.2, 0.25) is 0 Å². The Morgan fingerprint density at radius 1 is 1.39 bits per heavy atom. The van der Waals surface area contributed by atoms with Crippen LogP contribution in [0.5, 0.6) is 0 Å². The monoisotopic (exact) mass is 258 g/mol. The second-order valence-electron chi connectivity index (χ2n) is 4.46. The standard InChI is InChI=1S/C14H14N2OS/c1-10-12-5-9-18-13(12)4-8-16(10)14(17)11-2-6-15-7-3-11/h2-3,5-7,9-10H,4,8H2,1H3. The second-order valence-corrected chi connectivity index (χ2v) is 5.46. The van der Waals surface area contributed by atoms with Gasteiger partial charge < -0.3 is 4.90 Å². The number of carbonyl (C=O) groups excluding carboxylic acids is 1. The maximum absolute atomic E-state index is 12.4. The average molecular weight is 258 g/mol. The zero-order chi connectivity index (χ0) is 12.5. The molecule has 3 heterocycles. The van der Waals surface area contributed by atoms with E-state index in [-0.39, 0.29) is 11.9 Å². The van der Waals surface area contributed by atoms with Gasteiger partial charge in [-0.25, -0.2) is 0 Å². The number of fused-ring (bicyclic) bond motifs is 1. The molecule has 0 fully saturated rings. The normalized spacial score (nSPS) is 18.5. The molecule has 0 N–H and O–H groups in total. The number of nitrogens with zero attached hydrogens (tertiary/aromatic N) is 2. The first-order chi connectivity index (χ1) is 8.77. The van der Waals surface area contributed by atoms with Crippen LogP contribution in [-0.2, 0) is 6.42 Å². The molecule has 3 nitrogen and oxygen atoms in total. The molecule has 4 heteroatoms. The molecule has 0 radical (unpaired) electrons. The van der Waals surface area contributed by atoms with Crippen molar-refractivity contribution in [2.45, 2.75) is 19.4 Å². The lowest BCUT2D eigenvalue weighted by molar-refractivity contribution is 0.0679. The van der Waals surface area contributed by atoms with E-state index >= 15 is 0 Å². The van der Waals surface area contributed by atoms with Crippen molar-refractivity contribution in [3.63, 3.8) is 0 Å². The third-order valence-corrected chi connectivity index (χ3v) is 4.46. The molecule has 1 unspecified atom stereocenters. The molecule has 0 saturated heterocycles. The van der Waals surface area contributed by atoms with E-state index in [9.17, 15) is 4.79 Å². The number of pyridine rings is 1. The van der Waals surface area contributed by atoms with Crippen molar-refractivity contribution in [1.82, 2.24) is 9.88 Å². The van der Waals surface area contributed by atoms with Crippen LogP contribution >= 0.6 is 11.3 Å². The molecular formula is C14H14N2OS. The molecule has 0 saturated carbocycles. The van der Waals surface area contributed by atoms with Crippen LogP contribution in [0.4, 0.5) is 0 Å². The Bertz CT molecular complexity index is 564. The lowest BCUT2D eigenvalue weighted by atomic mass is 10.0. The molecule has 1 amide bonds. The van der Waals surface area contributed by atoms with E-state index in [2.05, 4.69) is 23.4 Å². The quantitative estimate of drug-likeness (QED) is 0.788. The molecule has 1 atom stereocenters. The summed E-state index contributed by atoms with van der Waals surface area (Å²) in [4.78, 5) is 19.8. The molecule has 0 spiro atoms. The predicted molar refractivity (Wildman–Crippen MR) is 71.7 cm³/mol. The van der Waals surface area contributed by atoms with Gasteiger partial charge >= 0.3 is 0 Å². The Morgan fingerprint density at radius 3 is 2.94 bits per heavy atom. The van der Waals surface area contributed by atoms with Crippen LogP contribution in [0.3, 0.4) is 0 Å². The fourth-order valence-corrected chi connectivity index (χ4v) is 3.41. The zero-order valence-corrected chi connectivity index (χ0v) is 11.0. The van der Waals surface area contributed by atoms with Gasteiger partial charge in [-0.2, -0.15) is 0 Å². The zero-order valence-electron chi connectivity index (χ0n) is 10.2. The van der Waals surface area contributed by atoms with Gasteiger partial charge in [-0.3, -0.25) is 9.78 Å². The number of hydrogen-bond donors (Lipinski definition) is 0. The molecule has 92 valence electrons. The number of carbonyl (C=O) groups is 1. The van der Waals surface area contributed by atoms with Gasteiger partial charge in [-0.15, -0.1) is 11.3 Å². The Morgan fingerprint density at radius 2 is 2.17 bits per heavy atom. The largest absolute Gasteiger partial charge is 0.331 e. The van der Waals surface area contributed by atoms with Crippen LogP contribution in [0.25, 0.3) is 0 Å². The first-order valence-corrected chi connectivity index (χ1v) is 6.92. The maximum atomic E-state index is 12.4. The number of hydrogen-bond acceptors (Lipinski definition) is 3. The summed E-state index contributed by atoms with van der Waals surface area (Å²) in [6.07, 6.45) is 4.30. The fraction of sp³-hybridized carbons (Fsp3) is 0.286. The van der Waals surface area contributed by atoms with Crippen molar-refractivity contribution in [3.8, 4) is 0 Å². The molecule has 0 aromatic carbocycles. The molecule has 1 aliphatic rings. The molecule has 2 aromatic rings. The Kier molecular flexibility index (Phi) is 2.88. The molecule has 3 rings (SSSR count). The number of aromatic nitrogens is 1. The number of rotatable bonds is 1. The van der Waals surface area contributed by atoms with Crippen molar-refractivity contribution in [1.29, 1.82) is 0 Å². The van der Waals surface area contributed by atoms with Crippen molar-refractivity contribution in [2.24, 2.45) is 0 Å². The molecule has 2 aromatic heterocycles. The summed E-state index contributed by atoms with van der Waals surface area (Å²) < 4.78 is 0. The average Bonchev–Trinajstić information content (AvgIpc) is 2.89. The van der Waals surface area contributed by atoms with E-state index < -0.39 is 0 Å². The van der Waals surface area contributed by atoms with Gasteiger partial charge in [-0.05, 0) is 42.5 Å². The molecule has 18 heavy (non-hydrogen) atoms. The Balaban J connectivity index is 1.89. The van der Waals surface area contributed by atoms with Gasteiger partial charge in [0.05, 0.1) is 6.04 Å². The minimum absolute atomic E-state index is 0.0988. The van der Waals surface area contributed by atoms with Crippen molar-refractivity contribution >= 4 is 17.2 Å². The summed E-state index contributed by atoms with van der Waals surface area (Å²) in [6.45, 7) is 2.90. The van der Waals surface area contributed by atoms with Crippen molar-refractivity contribution < 1.29 is 4.79 Å². The van der Waals surface area contributed by atoms with Gasteiger partial charge in [0.1, 0.15) is 0 Å². The molecular weight excluding hydrogens is 244 g/mol. The minimum atomic E-state index is 0.0988. The first-order valence-electron chi connectivity index (χ1n) is 6.04. The third-order valence-electron chi connectivity index (χ3n) is 3.47. The summed E-state index contributed by atoms with van der Waals surface area (Å²) in [5, 5.41) is 2.11. The summed E-state index contributed by atoms with van der Waals surface area (Å²) in [5.74, 6) is 0.0988. The highest BCUT2D eigenvalue weighted by Gasteiger charge is 2.28. The molecule has 0 aliphatic carbocycles. The van der Waals surface area contributed by atoms with Crippen LogP contribution in [0.15, 0.2) is 36.0 Å². The fourth-order valence-electron chi connectivity index (χ4n) is 2.45. The van der Waals surface area contributed by atoms with Gasteiger partial charge in [-0.1, -0.05) is 0 Å². The van der Waals surface area contributed by atoms with Crippen LogP contribution in [0.1, 0.15) is 33.8 Å². The van der Waals surface area contributed by atoms with Gasteiger partial charge in [0.15, 0.2) is 0 Å². The summed E-state index contributed by atoms with van der Waals surface area (Å²) >= 11 is 1.79. The van der Waals surface area contributed by atoms with Crippen LogP contribution < -0.4 is 0 Å². The molecule has 0 bridgehead atoms. The lowest BCUT2D eigenvalue weighted by Crippen LogP contribution is -2.38. The highest BCUT2D eigenvalue weighted by atomic mass is 32.1. The lowest BCUT2D eigenvalue weighted by Gasteiger charge is -2.33. The SMILES string of the molecule is CC1c2ccsc2CCN1C(=O)c1ccncc1. The predicted octanol–water partition coefficient (Wildman–Crippen LogP) is 2.90. The molecule has 1 aliphatic heterocycles. The van der Waals surface area contributed by atoms with E-state index in [4.69, 9.17) is 0 Å². The first kappa shape index (κ1) is 11.4. The van der Waals surface area contributed by atoms with Gasteiger partial charge in [0, 0.05) is 29.4 Å². The Hall–Kier alpha value is -1.68. The van der Waals surface area contributed by atoms with Crippen LogP contribution in [-0.4, -0.2) is 22.3 Å². The summed E-state index contributed by atoms with van der Waals surface area (Å²) in [7, 11) is 0. The number of thiophene rings is 1. The maximum Gasteiger partial charge on any atom is 0.254 e. The van der Waals surface area contributed by atoms with E-state index in [0.717, 1.165) is 18.5 Å². The van der Waals surface area contributed by atoms with E-state index in [1.54, 1.807) is 35.9 Å². The van der Waals surface area contributed by atoms with E-state index in [1.165, 1.54) is 10.4 Å². The van der Waals surface area contributed by atoms with Crippen LogP contribution in [0, 0.1) is 0 Å². The third kappa shape index (κ3) is 1.82. The van der Waals surface area contributed by atoms with Gasteiger partial charge in [0.25, 0.3) is 5.91 Å². The topological polar surface area (TPSA) is 33.2 Å². The van der Waals surface area contributed by atoms with E-state index in [1.807, 2.05) is 4.90 Å². The highest BCUT2D eigenvalue weighted by Crippen LogP contribution is 2.33. The van der Waals surface area contributed by atoms with Crippen molar-refractivity contribution in [3.05, 3.63) is 52.0 Å². The van der Waals surface area contributed by atoms with Crippen molar-refractivity contribution in [2.75, 3.05) is 6.54 Å². The number of amides is 1. The smallest absolute Gasteiger partial charge is 0.254 e. The summed E-state index contributed by atoms with van der Waals surface area (Å²) in [6, 6.07) is 5.85. The Labute approximate surface area is 110 Å². The summed E-state index contributed by atoms with van der Waals surface area (Å²) in [5.41, 5.74) is 2.02. The van der Waals surface area contributed by atoms with Crippen LogP contribution in [0.2, 0.25) is 0 Å².